The second kappa shape index (κ2) is 5.32. The van der Waals surface area contributed by atoms with Gasteiger partial charge in [0.25, 0.3) is 0 Å². The number of halogens is 1. The summed E-state index contributed by atoms with van der Waals surface area (Å²) in [5.74, 6) is -0.0643. The quantitative estimate of drug-likeness (QED) is 0.867. The number of Topliss-reactive ketones (excluding diaryl/α,β-unsaturated/α-hetero) is 1. The number of alkyl halides is 1. The maximum atomic E-state index is 12.1. The molecule has 0 spiro atoms. The SMILES string of the molecule is O=C(CBr)[C@](O)(c1ccccc1)C1CCCC1. The number of rotatable bonds is 4. The zero-order valence-electron chi connectivity index (χ0n) is 9.73. The summed E-state index contributed by atoms with van der Waals surface area (Å²) in [6, 6.07) is 9.34. The molecule has 1 fully saturated rings. The van der Waals surface area contributed by atoms with Gasteiger partial charge in [-0.1, -0.05) is 59.1 Å². The summed E-state index contributed by atoms with van der Waals surface area (Å²) in [6.45, 7) is 0. The molecule has 0 aliphatic heterocycles. The predicted octanol–water partition coefficient (Wildman–Crippen LogP) is 3.03. The second-order valence-corrected chi connectivity index (χ2v) is 5.23. The highest BCUT2D eigenvalue weighted by Gasteiger charge is 2.45. The number of carbonyl (C=O) groups is 1. The van der Waals surface area contributed by atoms with Crippen molar-refractivity contribution < 1.29 is 9.90 Å². The fourth-order valence-electron chi connectivity index (χ4n) is 2.76. The normalized spacial score (nSPS) is 20.1. The van der Waals surface area contributed by atoms with E-state index >= 15 is 0 Å². The lowest BCUT2D eigenvalue weighted by Gasteiger charge is -2.32. The lowest BCUT2D eigenvalue weighted by atomic mass is 9.77. The molecule has 0 unspecified atom stereocenters. The van der Waals surface area contributed by atoms with Crippen LogP contribution in [0.2, 0.25) is 0 Å². The Morgan fingerprint density at radius 1 is 1.29 bits per heavy atom. The van der Waals surface area contributed by atoms with Crippen molar-refractivity contribution in [1.29, 1.82) is 0 Å². The van der Waals surface area contributed by atoms with E-state index < -0.39 is 5.60 Å². The summed E-state index contributed by atoms with van der Waals surface area (Å²) in [6.07, 6.45) is 4.08. The maximum absolute atomic E-state index is 12.1. The van der Waals surface area contributed by atoms with Crippen molar-refractivity contribution in [1.82, 2.24) is 0 Å². The first kappa shape index (κ1) is 12.8. The highest BCUT2D eigenvalue weighted by Crippen LogP contribution is 2.41. The zero-order chi connectivity index (χ0) is 12.3. The molecule has 2 rings (SSSR count). The van der Waals surface area contributed by atoms with Crippen LogP contribution in [0.1, 0.15) is 31.2 Å². The molecule has 1 aromatic carbocycles. The molecular weight excluding hydrogens is 280 g/mol. The fraction of sp³-hybridized carbons (Fsp3) is 0.500. The number of hydrogen-bond donors (Lipinski definition) is 1. The van der Waals surface area contributed by atoms with E-state index in [1.807, 2.05) is 30.3 Å². The van der Waals surface area contributed by atoms with Gasteiger partial charge in [0.15, 0.2) is 11.4 Å². The van der Waals surface area contributed by atoms with E-state index in [1.54, 1.807) is 0 Å². The highest BCUT2D eigenvalue weighted by molar-refractivity contribution is 9.09. The maximum Gasteiger partial charge on any atom is 0.179 e. The van der Waals surface area contributed by atoms with Crippen LogP contribution in [0.15, 0.2) is 30.3 Å². The molecule has 0 saturated heterocycles. The first-order chi connectivity index (χ1) is 8.19. The smallest absolute Gasteiger partial charge is 0.179 e. The van der Waals surface area contributed by atoms with Gasteiger partial charge in [-0.05, 0) is 24.3 Å². The molecule has 1 aliphatic carbocycles. The Balaban J connectivity index is 2.39. The number of aliphatic hydroxyl groups is 1. The van der Waals surface area contributed by atoms with Crippen molar-refractivity contribution in [3.05, 3.63) is 35.9 Å². The number of hydrogen-bond acceptors (Lipinski definition) is 2. The molecule has 0 radical (unpaired) electrons. The van der Waals surface area contributed by atoms with E-state index in [4.69, 9.17) is 0 Å². The average Bonchev–Trinajstić information content (AvgIpc) is 2.92. The van der Waals surface area contributed by atoms with Gasteiger partial charge in [0.2, 0.25) is 0 Å². The van der Waals surface area contributed by atoms with Gasteiger partial charge in [0, 0.05) is 0 Å². The molecule has 2 nitrogen and oxygen atoms in total. The van der Waals surface area contributed by atoms with Crippen LogP contribution >= 0.6 is 15.9 Å². The third kappa shape index (κ3) is 2.31. The number of carbonyl (C=O) groups excluding carboxylic acids is 1. The lowest BCUT2D eigenvalue weighted by Crippen LogP contribution is -2.42. The predicted molar refractivity (Wildman–Crippen MR) is 71.1 cm³/mol. The van der Waals surface area contributed by atoms with Crippen LogP contribution in [-0.4, -0.2) is 16.2 Å². The minimum Gasteiger partial charge on any atom is -0.377 e. The first-order valence-corrected chi connectivity index (χ1v) is 7.19. The van der Waals surface area contributed by atoms with E-state index in [1.165, 1.54) is 0 Å². The van der Waals surface area contributed by atoms with Crippen LogP contribution < -0.4 is 0 Å². The van der Waals surface area contributed by atoms with Gasteiger partial charge in [-0.15, -0.1) is 0 Å². The Morgan fingerprint density at radius 2 is 1.88 bits per heavy atom. The molecule has 1 atom stereocenters. The lowest BCUT2D eigenvalue weighted by molar-refractivity contribution is -0.141. The third-order valence-electron chi connectivity index (χ3n) is 3.71. The van der Waals surface area contributed by atoms with Crippen molar-refractivity contribution in [2.75, 3.05) is 5.33 Å². The van der Waals surface area contributed by atoms with Crippen LogP contribution in [0, 0.1) is 5.92 Å². The molecule has 0 bridgehead atoms. The molecule has 0 amide bonds. The van der Waals surface area contributed by atoms with Gasteiger partial charge in [0.05, 0.1) is 5.33 Å². The summed E-state index contributed by atoms with van der Waals surface area (Å²) in [5.41, 5.74) is -0.572. The summed E-state index contributed by atoms with van der Waals surface area (Å²) >= 11 is 3.19. The Morgan fingerprint density at radius 3 is 2.41 bits per heavy atom. The fourth-order valence-corrected chi connectivity index (χ4v) is 3.19. The van der Waals surface area contributed by atoms with Crippen molar-refractivity contribution in [2.24, 2.45) is 5.92 Å². The van der Waals surface area contributed by atoms with Crippen LogP contribution in [0.25, 0.3) is 0 Å². The topological polar surface area (TPSA) is 37.3 Å². The Bertz CT molecular complexity index is 384. The molecule has 92 valence electrons. The minimum atomic E-state index is -1.30. The minimum absolute atomic E-state index is 0.0648. The van der Waals surface area contributed by atoms with Gasteiger partial charge in [0.1, 0.15) is 0 Å². The Labute approximate surface area is 110 Å². The van der Waals surface area contributed by atoms with Crippen molar-refractivity contribution >= 4 is 21.7 Å². The van der Waals surface area contributed by atoms with Crippen molar-refractivity contribution in [3.8, 4) is 0 Å². The van der Waals surface area contributed by atoms with Crippen LogP contribution in [0.4, 0.5) is 0 Å². The van der Waals surface area contributed by atoms with E-state index in [0.29, 0.717) is 0 Å². The van der Waals surface area contributed by atoms with Gasteiger partial charge >= 0.3 is 0 Å². The van der Waals surface area contributed by atoms with E-state index in [2.05, 4.69) is 15.9 Å². The van der Waals surface area contributed by atoms with Crippen LogP contribution in [0.3, 0.4) is 0 Å². The average molecular weight is 297 g/mol. The molecule has 0 heterocycles. The first-order valence-electron chi connectivity index (χ1n) is 6.06. The monoisotopic (exact) mass is 296 g/mol. The standard InChI is InChI=1S/C14H17BrO2/c15-10-13(16)14(17,12-8-4-5-9-12)11-6-2-1-3-7-11/h1-3,6-7,12,17H,4-5,8-10H2/t14-/m0/s1. The molecule has 1 aliphatic rings. The summed E-state index contributed by atoms with van der Waals surface area (Å²) in [4.78, 5) is 12.1. The molecule has 1 saturated carbocycles. The Kier molecular flexibility index (Phi) is 4.00. The largest absolute Gasteiger partial charge is 0.377 e. The highest BCUT2D eigenvalue weighted by atomic mass is 79.9. The zero-order valence-corrected chi connectivity index (χ0v) is 11.3. The van der Waals surface area contributed by atoms with E-state index in [0.717, 1.165) is 31.2 Å². The van der Waals surface area contributed by atoms with Crippen molar-refractivity contribution in [3.63, 3.8) is 0 Å². The summed E-state index contributed by atoms with van der Waals surface area (Å²) < 4.78 is 0. The molecule has 1 aromatic rings. The van der Waals surface area contributed by atoms with Gasteiger partial charge in [-0.2, -0.15) is 0 Å². The van der Waals surface area contributed by atoms with Gasteiger partial charge in [-0.25, -0.2) is 0 Å². The van der Waals surface area contributed by atoms with Crippen LogP contribution in [-0.2, 0) is 10.4 Å². The number of ketones is 1. The Hall–Kier alpha value is -0.670. The third-order valence-corrected chi connectivity index (χ3v) is 4.22. The molecule has 0 aromatic heterocycles. The van der Waals surface area contributed by atoms with E-state index in [-0.39, 0.29) is 17.0 Å². The second-order valence-electron chi connectivity index (χ2n) is 4.67. The molecule has 1 N–H and O–H groups in total. The number of benzene rings is 1. The molecule has 17 heavy (non-hydrogen) atoms. The summed E-state index contributed by atoms with van der Waals surface area (Å²) in [7, 11) is 0. The van der Waals surface area contributed by atoms with Gasteiger partial charge < -0.3 is 5.11 Å². The molecular formula is C14H17BrO2. The van der Waals surface area contributed by atoms with Gasteiger partial charge in [-0.3, -0.25) is 4.79 Å². The summed E-state index contributed by atoms with van der Waals surface area (Å²) in [5, 5.41) is 11.1. The molecule has 3 heteroatoms. The van der Waals surface area contributed by atoms with Crippen molar-refractivity contribution in [2.45, 2.75) is 31.3 Å². The van der Waals surface area contributed by atoms with E-state index in [9.17, 15) is 9.90 Å². The van der Waals surface area contributed by atoms with Crippen LogP contribution in [0.5, 0.6) is 0 Å².